The molecule has 2 aliphatic rings. The molecule has 48 heavy (non-hydrogen) atoms. The lowest BCUT2D eigenvalue weighted by Gasteiger charge is -2.36. The summed E-state index contributed by atoms with van der Waals surface area (Å²) in [5.41, 5.74) is -1.54. The Kier molecular flexibility index (Phi) is 10.9. The first-order chi connectivity index (χ1) is 22.8. The second-order valence-corrected chi connectivity index (χ2v) is 12.2. The molecule has 5 rings (SSSR count). The summed E-state index contributed by atoms with van der Waals surface area (Å²) >= 11 is 6.81. The Hall–Kier alpha value is -4.24. The summed E-state index contributed by atoms with van der Waals surface area (Å²) < 4.78 is 90.6. The molecule has 3 aromatic rings. The minimum Gasteiger partial charge on any atom is -0.493 e. The highest BCUT2D eigenvalue weighted by Gasteiger charge is 2.38. The molecule has 0 aliphatic carbocycles. The summed E-state index contributed by atoms with van der Waals surface area (Å²) in [6.07, 6.45) is -7.47. The highest BCUT2D eigenvalue weighted by atomic mass is 32.2. The Labute approximate surface area is 282 Å². The van der Waals surface area contributed by atoms with Crippen LogP contribution in [-0.4, -0.2) is 65.8 Å². The highest BCUT2D eigenvalue weighted by molar-refractivity contribution is 8.18. The van der Waals surface area contributed by atoms with Crippen molar-refractivity contribution in [1.29, 1.82) is 0 Å². The Morgan fingerprint density at radius 1 is 0.958 bits per heavy atom. The molecule has 1 amide bonds. The SMILES string of the molecule is COc1cc(C=C2SC(N3CCN(C(=S)NCCc4ccccc4)CC3)=NC2=O)ccc1OCc1ccc(C(F)(F)F)cc1C(F)(F)F. The van der Waals surface area contributed by atoms with E-state index < -0.39 is 41.6 Å². The molecule has 0 atom stereocenters. The molecule has 254 valence electrons. The van der Waals surface area contributed by atoms with Gasteiger partial charge in [-0.1, -0.05) is 42.5 Å². The fourth-order valence-corrected chi connectivity index (χ4v) is 6.30. The lowest BCUT2D eigenvalue weighted by atomic mass is 10.0. The first-order valence-electron chi connectivity index (χ1n) is 14.7. The van der Waals surface area contributed by atoms with E-state index in [1.54, 1.807) is 12.1 Å². The van der Waals surface area contributed by atoms with Crippen LogP contribution < -0.4 is 14.8 Å². The van der Waals surface area contributed by atoms with Gasteiger partial charge in [-0.3, -0.25) is 4.79 Å². The van der Waals surface area contributed by atoms with Gasteiger partial charge >= 0.3 is 12.4 Å². The van der Waals surface area contributed by atoms with Crippen molar-refractivity contribution in [2.75, 3.05) is 39.8 Å². The third-order valence-corrected chi connectivity index (χ3v) is 9.04. The van der Waals surface area contributed by atoms with Gasteiger partial charge < -0.3 is 24.6 Å². The van der Waals surface area contributed by atoms with Crippen molar-refractivity contribution in [3.05, 3.63) is 99.5 Å². The number of alkyl halides is 6. The van der Waals surface area contributed by atoms with Gasteiger partial charge in [-0.25, -0.2) is 0 Å². The van der Waals surface area contributed by atoms with E-state index in [1.165, 1.54) is 36.6 Å². The fourth-order valence-electron chi connectivity index (χ4n) is 5.05. The van der Waals surface area contributed by atoms with Crippen LogP contribution in [0.1, 0.15) is 27.8 Å². The van der Waals surface area contributed by atoms with Crippen molar-refractivity contribution in [3.63, 3.8) is 0 Å². The third-order valence-electron chi connectivity index (χ3n) is 7.59. The summed E-state index contributed by atoms with van der Waals surface area (Å²) in [7, 11) is 1.33. The van der Waals surface area contributed by atoms with Gasteiger partial charge in [0, 0.05) is 38.3 Å². The predicted molar refractivity (Wildman–Crippen MR) is 176 cm³/mol. The minimum atomic E-state index is -5.02. The molecule has 0 saturated carbocycles. The molecule has 0 unspecified atom stereocenters. The second-order valence-electron chi connectivity index (χ2n) is 10.8. The molecule has 2 aliphatic heterocycles. The summed E-state index contributed by atoms with van der Waals surface area (Å²) in [5.74, 6) is -0.178. The number of carbonyl (C=O) groups is 1. The smallest absolute Gasteiger partial charge is 0.416 e. The van der Waals surface area contributed by atoms with E-state index in [2.05, 4.69) is 27.3 Å². The molecule has 15 heteroatoms. The molecule has 3 aromatic carbocycles. The molecule has 0 aromatic heterocycles. The van der Waals surface area contributed by atoms with Gasteiger partial charge in [0.15, 0.2) is 21.8 Å². The lowest BCUT2D eigenvalue weighted by Crippen LogP contribution is -2.52. The van der Waals surface area contributed by atoms with E-state index in [0.717, 1.165) is 19.0 Å². The molecule has 1 N–H and O–H groups in total. The van der Waals surface area contributed by atoms with E-state index >= 15 is 0 Å². The molecular weight excluding hydrogens is 679 g/mol. The maximum absolute atomic E-state index is 13.5. The number of piperazine rings is 1. The summed E-state index contributed by atoms with van der Waals surface area (Å²) in [6.45, 7) is 2.66. The summed E-state index contributed by atoms with van der Waals surface area (Å²) in [4.78, 5) is 21.5. The topological polar surface area (TPSA) is 66.4 Å². The average molecular weight is 709 g/mol. The van der Waals surface area contributed by atoms with Crippen LogP contribution in [0.15, 0.2) is 76.6 Å². The van der Waals surface area contributed by atoms with Gasteiger partial charge in [-0.05, 0) is 71.9 Å². The normalized spacial score (nSPS) is 16.3. The van der Waals surface area contributed by atoms with E-state index in [9.17, 15) is 31.1 Å². The number of ether oxygens (including phenoxy) is 2. The number of hydrogen-bond donors (Lipinski definition) is 1. The van der Waals surface area contributed by atoms with Crippen LogP contribution in [0.2, 0.25) is 0 Å². The van der Waals surface area contributed by atoms with E-state index in [4.69, 9.17) is 21.7 Å². The molecule has 1 fully saturated rings. The third kappa shape index (κ3) is 8.81. The van der Waals surface area contributed by atoms with Gasteiger partial charge in [0.1, 0.15) is 6.61 Å². The number of rotatable bonds is 8. The number of aliphatic imine (C=N–C) groups is 1. The number of amidine groups is 1. The number of hydrogen-bond acceptors (Lipinski definition) is 6. The van der Waals surface area contributed by atoms with E-state index in [-0.39, 0.29) is 17.6 Å². The zero-order valence-electron chi connectivity index (χ0n) is 25.5. The van der Waals surface area contributed by atoms with Gasteiger partial charge in [-0.2, -0.15) is 31.3 Å². The van der Waals surface area contributed by atoms with Crippen molar-refractivity contribution in [2.24, 2.45) is 4.99 Å². The second kappa shape index (κ2) is 14.9. The number of nitrogens with one attached hydrogen (secondary N) is 1. The quantitative estimate of drug-likeness (QED) is 0.152. The Morgan fingerprint density at radius 3 is 2.35 bits per heavy atom. The van der Waals surface area contributed by atoms with Crippen molar-refractivity contribution in [1.82, 2.24) is 15.1 Å². The van der Waals surface area contributed by atoms with Crippen LogP contribution in [0.25, 0.3) is 6.08 Å². The van der Waals surface area contributed by atoms with Gasteiger partial charge in [0.05, 0.1) is 23.1 Å². The standard InChI is InChI=1S/C33H30F6N4O3S2/c1-45-27-17-22(7-10-26(27)46-20-23-8-9-24(32(34,35)36)19-25(23)33(37,38)39)18-28-29(44)41-31(48-28)43-15-13-42(14-16-43)30(47)40-12-11-21-5-3-2-4-6-21/h2-10,17-19H,11-16,20H2,1H3,(H,40,47). The largest absolute Gasteiger partial charge is 0.493 e. The molecule has 2 heterocycles. The van der Waals surface area contributed by atoms with Crippen molar-refractivity contribution in [2.45, 2.75) is 25.4 Å². The summed E-state index contributed by atoms with van der Waals surface area (Å²) in [6, 6.07) is 16.1. The number of halogens is 6. The van der Waals surface area contributed by atoms with Crippen molar-refractivity contribution in [3.8, 4) is 11.5 Å². The predicted octanol–water partition coefficient (Wildman–Crippen LogP) is 7.02. The number of thiocarbonyl (C=S) groups is 1. The number of methoxy groups -OCH3 is 1. The van der Waals surface area contributed by atoms with Crippen molar-refractivity contribution >= 4 is 46.2 Å². The molecule has 7 nitrogen and oxygen atoms in total. The first-order valence-corrected chi connectivity index (χ1v) is 16.0. The number of thioether (sulfide) groups is 1. The molecule has 1 saturated heterocycles. The first kappa shape index (κ1) is 35.1. The number of benzene rings is 3. The number of carbonyl (C=O) groups excluding carboxylic acids is 1. The zero-order chi connectivity index (χ0) is 34.5. The average Bonchev–Trinajstić information content (AvgIpc) is 3.43. The Bertz CT molecular complexity index is 1710. The molecule has 0 spiro atoms. The lowest BCUT2D eigenvalue weighted by molar-refractivity contribution is -0.143. The number of amides is 1. The maximum Gasteiger partial charge on any atom is 0.416 e. The van der Waals surface area contributed by atoms with E-state index in [1.807, 2.05) is 23.1 Å². The summed E-state index contributed by atoms with van der Waals surface area (Å²) in [5, 5.41) is 4.58. The van der Waals surface area contributed by atoms with Gasteiger partial charge in [0.25, 0.3) is 5.91 Å². The van der Waals surface area contributed by atoms with Crippen molar-refractivity contribution < 1.29 is 40.6 Å². The Balaban J connectivity index is 1.16. The highest BCUT2D eigenvalue weighted by Crippen LogP contribution is 2.39. The van der Waals surface area contributed by atoms with Gasteiger partial charge in [-0.15, -0.1) is 0 Å². The van der Waals surface area contributed by atoms with Gasteiger partial charge in [0.2, 0.25) is 0 Å². The van der Waals surface area contributed by atoms with Crippen LogP contribution in [-0.2, 0) is 30.2 Å². The van der Waals surface area contributed by atoms with Crippen LogP contribution in [0.3, 0.4) is 0 Å². The maximum atomic E-state index is 13.5. The zero-order valence-corrected chi connectivity index (χ0v) is 27.2. The fraction of sp³-hybridized carbons (Fsp3) is 0.303. The molecule has 0 bridgehead atoms. The number of nitrogens with zero attached hydrogens (tertiary/aromatic N) is 3. The Morgan fingerprint density at radius 2 is 1.69 bits per heavy atom. The molecule has 0 radical (unpaired) electrons. The van der Waals surface area contributed by atoms with Crippen LogP contribution in [0, 0.1) is 0 Å². The minimum absolute atomic E-state index is 0.0675. The van der Waals surface area contributed by atoms with Crippen LogP contribution in [0.4, 0.5) is 26.3 Å². The van der Waals surface area contributed by atoms with Crippen LogP contribution in [0.5, 0.6) is 11.5 Å². The molecular formula is C33H30F6N4O3S2. The van der Waals surface area contributed by atoms with Crippen LogP contribution >= 0.6 is 24.0 Å². The van der Waals surface area contributed by atoms with E-state index in [0.29, 0.717) is 53.0 Å². The monoisotopic (exact) mass is 708 g/mol.